The maximum absolute atomic E-state index is 13.5. The van der Waals surface area contributed by atoms with Crippen molar-refractivity contribution in [2.45, 2.75) is 34.7 Å². The van der Waals surface area contributed by atoms with E-state index in [0.717, 1.165) is 53.9 Å². The maximum Gasteiger partial charge on any atom is 0.416 e. The summed E-state index contributed by atoms with van der Waals surface area (Å²) in [5.41, 5.74) is 1.39. The fourth-order valence-electron chi connectivity index (χ4n) is 4.53. The summed E-state index contributed by atoms with van der Waals surface area (Å²) in [6, 6.07) is 10.1. The van der Waals surface area contributed by atoms with Crippen LogP contribution in [0.3, 0.4) is 0 Å². The second-order valence-corrected chi connectivity index (χ2v) is 9.15. The second kappa shape index (κ2) is 8.00. The van der Waals surface area contributed by atoms with Crippen molar-refractivity contribution in [2.75, 3.05) is 26.2 Å². The molecule has 32 heavy (non-hydrogen) atoms. The number of rotatable bonds is 4. The molecule has 0 saturated carbocycles. The van der Waals surface area contributed by atoms with Gasteiger partial charge in [0.1, 0.15) is 5.82 Å². The van der Waals surface area contributed by atoms with Gasteiger partial charge in [-0.05, 0) is 50.2 Å². The minimum Gasteiger partial charge on any atom is -0.465 e. The van der Waals surface area contributed by atoms with Crippen LogP contribution in [0.25, 0.3) is 16.7 Å². The Kier molecular flexibility index (Phi) is 5.29. The Morgan fingerprint density at radius 3 is 2.66 bits per heavy atom. The predicted molar refractivity (Wildman–Crippen MR) is 115 cm³/mol. The first-order chi connectivity index (χ1) is 15.3. The number of nitrogens with one attached hydrogen (secondary N) is 1. The van der Waals surface area contributed by atoms with Gasteiger partial charge >= 0.3 is 12.3 Å². The highest BCUT2D eigenvalue weighted by Crippen LogP contribution is 2.47. The maximum atomic E-state index is 13.5. The summed E-state index contributed by atoms with van der Waals surface area (Å²) in [5.74, 6) is 0.918. The summed E-state index contributed by atoms with van der Waals surface area (Å²) >= 11 is 1.35. The monoisotopic (exact) mass is 462 g/mol. The molecule has 0 unspecified atom stereocenters. The molecule has 0 atom stereocenters. The first-order valence-corrected chi connectivity index (χ1v) is 11.2. The summed E-state index contributed by atoms with van der Waals surface area (Å²) in [6.07, 6.45) is -3.84. The molecule has 3 heterocycles. The lowest BCUT2D eigenvalue weighted by Gasteiger charge is -2.32. The fourth-order valence-corrected chi connectivity index (χ4v) is 5.66. The number of hydrogen-bond acceptors (Lipinski definition) is 4. The molecule has 2 aliphatic heterocycles. The number of nitrogens with zero attached hydrogens (tertiary/aromatic N) is 3. The van der Waals surface area contributed by atoms with Gasteiger partial charge in [-0.25, -0.2) is 9.78 Å². The number of piperidine rings is 1. The first-order valence-electron chi connectivity index (χ1n) is 10.4. The van der Waals surface area contributed by atoms with Crippen LogP contribution in [-0.2, 0) is 6.18 Å². The van der Waals surface area contributed by atoms with Gasteiger partial charge in [0.2, 0.25) is 0 Å². The molecule has 2 N–H and O–H groups in total. The molecule has 0 spiro atoms. The van der Waals surface area contributed by atoms with Gasteiger partial charge in [-0.2, -0.15) is 13.2 Å². The Bertz CT molecular complexity index is 1190. The molecule has 10 heteroatoms. The van der Waals surface area contributed by atoms with E-state index in [1.807, 2.05) is 28.8 Å². The van der Waals surface area contributed by atoms with Crippen molar-refractivity contribution in [1.82, 2.24) is 19.8 Å². The van der Waals surface area contributed by atoms with Crippen LogP contribution in [0.4, 0.5) is 18.0 Å². The average molecular weight is 462 g/mol. The van der Waals surface area contributed by atoms with Gasteiger partial charge < -0.3 is 15.3 Å². The normalized spacial score (nSPS) is 16.8. The summed E-state index contributed by atoms with van der Waals surface area (Å²) in [7, 11) is 0. The number of likely N-dealkylation sites (tertiary alicyclic amines) is 1. The van der Waals surface area contributed by atoms with Crippen LogP contribution in [0.2, 0.25) is 0 Å². The molecule has 168 valence electrons. The summed E-state index contributed by atoms with van der Waals surface area (Å²) in [6.45, 7) is 2.57. The zero-order valence-corrected chi connectivity index (χ0v) is 17.8. The van der Waals surface area contributed by atoms with Crippen LogP contribution in [-0.4, -0.2) is 51.8 Å². The Labute approximate surface area is 186 Å². The lowest BCUT2D eigenvalue weighted by atomic mass is 9.95. The van der Waals surface area contributed by atoms with Crippen LogP contribution < -0.4 is 5.32 Å². The molecule has 3 aromatic rings. The van der Waals surface area contributed by atoms with E-state index in [0.29, 0.717) is 23.5 Å². The van der Waals surface area contributed by atoms with Gasteiger partial charge in [-0.15, -0.1) is 0 Å². The Morgan fingerprint density at radius 1 is 1.19 bits per heavy atom. The zero-order chi connectivity index (χ0) is 22.5. The predicted octanol–water partition coefficient (Wildman–Crippen LogP) is 4.96. The van der Waals surface area contributed by atoms with Crippen molar-refractivity contribution >= 4 is 28.9 Å². The van der Waals surface area contributed by atoms with E-state index in [1.165, 1.54) is 17.8 Å². The highest BCUT2D eigenvalue weighted by atomic mass is 32.2. The van der Waals surface area contributed by atoms with Crippen LogP contribution in [0.1, 0.15) is 30.1 Å². The lowest BCUT2D eigenvalue weighted by molar-refractivity contribution is -0.137. The molecule has 1 aromatic heterocycles. The lowest BCUT2D eigenvalue weighted by Crippen LogP contribution is -2.39. The molecule has 5 rings (SSSR count). The first kappa shape index (κ1) is 21.1. The number of halogens is 3. The number of hydrogen-bond donors (Lipinski definition) is 2. The van der Waals surface area contributed by atoms with Crippen molar-refractivity contribution in [3.05, 3.63) is 47.8 Å². The van der Waals surface area contributed by atoms with Crippen LogP contribution >= 0.6 is 11.8 Å². The molecule has 2 aromatic carbocycles. The molecule has 0 radical (unpaired) electrons. The molecule has 6 nitrogen and oxygen atoms in total. The molecule has 1 saturated heterocycles. The third kappa shape index (κ3) is 3.81. The number of aromatic nitrogens is 2. The standard InChI is InChI=1S/C22H21F3N4O2S/c23-22(24,25)14-11-15-19-18(12-14)32-17-4-2-1-3-16(17)29(19)20(27-15)13-5-8-28(9-6-13)10-7-26-21(30)31/h1-4,11-13,26H,5-10H2,(H,30,31). The van der Waals surface area contributed by atoms with Crippen LogP contribution in [0.5, 0.6) is 0 Å². The SMILES string of the molecule is O=C(O)NCCN1CCC(c2nc3cc(C(F)(F)F)cc4c3n2-c2ccccc2S4)CC1. The number of imidazole rings is 1. The second-order valence-electron chi connectivity index (χ2n) is 8.06. The Balaban J connectivity index is 1.50. The van der Waals surface area contributed by atoms with Crippen molar-refractivity contribution in [3.8, 4) is 5.69 Å². The van der Waals surface area contributed by atoms with Crippen LogP contribution in [0, 0.1) is 0 Å². The number of carboxylic acid groups (broad SMARTS) is 1. The van der Waals surface area contributed by atoms with Gasteiger partial charge in [0.05, 0.1) is 22.3 Å². The van der Waals surface area contributed by atoms with E-state index >= 15 is 0 Å². The zero-order valence-electron chi connectivity index (χ0n) is 17.0. The number of alkyl halides is 3. The molecular weight excluding hydrogens is 441 g/mol. The number of benzene rings is 2. The van der Waals surface area contributed by atoms with E-state index in [2.05, 4.69) is 10.2 Å². The van der Waals surface area contributed by atoms with Crippen LogP contribution in [0.15, 0.2) is 46.2 Å². The van der Waals surface area contributed by atoms with Gasteiger partial charge in [-0.3, -0.25) is 4.57 Å². The third-order valence-electron chi connectivity index (χ3n) is 6.05. The molecular formula is C22H21F3N4O2S. The van der Waals surface area contributed by atoms with Gasteiger partial charge in [-0.1, -0.05) is 23.9 Å². The summed E-state index contributed by atoms with van der Waals surface area (Å²) in [4.78, 5) is 19.1. The molecule has 1 fully saturated rings. The van der Waals surface area contributed by atoms with Crippen molar-refractivity contribution < 1.29 is 23.1 Å². The molecule has 0 bridgehead atoms. The van der Waals surface area contributed by atoms with E-state index in [9.17, 15) is 18.0 Å². The number of fused-ring (bicyclic) bond motifs is 2. The third-order valence-corrected chi connectivity index (χ3v) is 7.15. The minimum atomic E-state index is -4.43. The van der Waals surface area contributed by atoms with E-state index in [1.54, 1.807) is 0 Å². The highest BCUT2D eigenvalue weighted by Gasteiger charge is 2.35. The van der Waals surface area contributed by atoms with E-state index < -0.39 is 17.8 Å². The number of amides is 1. The van der Waals surface area contributed by atoms with Gasteiger partial charge in [0.15, 0.2) is 0 Å². The fraction of sp³-hybridized carbons (Fsp3) is 0.364. The smallest absolute Gasteiger partial charge is 0.416 e. The van der Waals surface area contributed by atoms with Crippen molar-refractivity contribution in [2.24, 2.45) is 0 Å². The van der Waals surface area contributed by atoms with Crippen molar-refractivity contribution in [1.29, 1.82) is 0 Å². The Morgan fingerprint density at radius 2 is 1.94 bits per heavy atom. The van der Waals surface area contributed by atoms with Gasteiger partial charge in [0.25, 0.3) is 0 Å². The van der Waals surface area contributed by atoms with E-state index in [4.69, 9.17) is 10.1 Å². The van der Waals surface area contributed by atoms with E-state index in [-0.39, 0.29) is 5.92 Å². The molecule has 0 aliphatic carbocycles. The molecule has 2 aliphatic rings. The summed E-state index contributed by atoms with van der Waals surface area (Å²) in [5, 5.41) is 11.1. The van der Waals surface area contributed by atoms with Gasteiger partial charge in [0, 0.05) is 28.8 Å². The quantitative estimate of drug-likeness (QED) is 0.449. The topological polar surface area (TPSA) is 70.4 Å². The average Bonchev–Trinajstić information content (AvgIpc) is 3.14. The molecule has 1 amide bonds. The highest BCUT2D eigenvalue weighted by molar-refractivity contribution is 7.99. The Hall–Kier alpha value is -2.72. The minimum absolute atomic E-state index is 0.115. The number of para-hydroxylation sites is 1. The summed E-state index contributed by atoms with van der Waals surface area (Å²) < 4.78 is 42.6. The largest absolute Gasteiger partial charge is 0.465 e. The number of carbonyl (C=O) groups is 1. The van der Waals surface area contributed by atoms with Crippen molar-refractivity contribution in [3.63, 3.8) is 0 Å².